The van der Waals surface area contributed by atoms with Crippen molar-refractivity contribution >= 4 is 5.91 Å². The van der Waals surface area contributed by atoms with Crippen molar-refractivity contribution in [3.05, 3.63) is 11.7 Å². The molecule has 22 heavy (non-hydrogen) atoms. The van der Waals surface area contributed by atoms with Gasteiger partial charge in [0.05, 0.1) is 6.04 Å². The van der Waals surface area contributed by atoms with E-state index in [0.29, 0.717) is 23.7 Å². The monoisotopic (exact) mass is 308 g/mol. The van der Waals surface area contributed by atoms with E-state index in [9.17, 15) is 4.79 Å². The van der Waals surface area contributed by atoms with E-state index in [0.717, 1.165) is 25.9 Å². The summed E-state index contributed by atoms with van der Waals surface area (Å²) in [6.07, 6.45) is 2.02. The van der Waals surface area contributed by atoms with Gasteiger partial charge in [0.25, 0.3) is 0 Å². The molecule has 1 aliphatic heterocycles. The highest BCUT2D eigenvalue weighted by molar-refractivity contribution is 5.78. The minimum atomic E-state index is 0.0348. The summed E-state index contributed by atoms with van der Waals surface area (Å²) in [6.45, 7) is 11.6. The van der Waals surface area contributed by atoms with Gasteiger partial charge in [-0.25, -0.2) is 0 Å². The smallest absolute Gasteiger partial charge is 0.243 e. The van der Waals surface area contributed by atoms with Crippen LogP contribution in [0.4, 0.5) is 0 Å². The Balaban J connectivity index is 1.96. The number of piperidine rings is 1. The Kier molecular flexibility index (Phi) is 5.56. The first-order valence-corrected chi connectivity index (χ1v) is 8.27. The third kappa shape index (κ3) is 3.85. The van der Waals surface area contributed by atoms with E-state index in [-0.39, 0.29) is 17.9 Å². The largest absolute Gasteiger partial charge is 0.342 e. The van der Waals surface area contributed by atoms with E-state index in [1.54, 1.807) is 0 Å². The lowest BCUT2D eigenvalue weighted by molar-refractivity contribution is -0.136. The molecular weight excluding hydrogens is 280 g/mol. The standard InChI is InChI=1S/C16H28N4O2/c1-6-13-9-20(16(21)10(2)3)8-7-14(13)17-11(4)15-18-12(5)19-22-15/h10-11,13-14,17H,6-9H2,1-5H3/t11-,13+,14-/m0/s1. The molecule has 124 valence electrons. The predicted molar refractivity (Wildman–Crippen MR) is 84.2 cm³/mol. The van der Waals surface area contributed by atoms with Crippen molar-refractivity contribution in [1.82, 2.24) is 20.4 Å². The molecule has 0 unspecified atom stereocenters. The number of carbonyl (C=O) groups is 1. The number of carbonyl (C=O) groups excluding carboxylic acids is 1. The summed E-state index contributed by atoms with van der Waals surface area (Å²) >= 11 is 0. The number of likely N-dealkylation sites (tertiary alicyclic amines) is 1. The Hall–Kier alpha value is -1.43. The van der Waals surface area contributed by atoms with Gasteiger partial charge in [-0.15, -0.1) is 0 Å². The van der Waals surface area contributed by atoms with Crippen molar-refractivity contribution in [2.75, 3.05) is 13.1 Å². The molecule has 0 aliphatic carbocycles. The zero-order valence-corrected chi connectivity index (χ0v) is 14.3. The molecule has 2 rings (SSSR count). The van der Waals surface area contributed by atoms with E-state index >= 15 is 0 Å². The number of aryl methyl sites for hydroxylation is 1. The first kappa shape index (κ1) is 16.9. The molecule has 1 saturated heterocycles. The lowest BCUT2D eigenvalue weighted by atomic mass is 9.88. The molecule has 6 heteroatoms. The van der Waals surface area contributed by atoms with Gasteiger partial charge in [0.2, 0.25) is 11.8 Å². The maximum absolute atomic E-state index is 12.2. The molecule has 1 aliphatic rings. The van der Waals surface area contributed by atoms with Gasteiger partial charge in [0.15, 0.2) is 5.82 Å². The van der Waals surface area contributed by atoms with Gasteiger partial charge < -0.3 is 14.7 Å². The first-order chi connectivity index (χ1) is 10.4. The summed E-state index contributed by atoms with van der Waals surface area (Å²) in [5, 5.41) is 7.45. The van der Waals surface area contributed by atoms with Gasteiger partial charge >= 0.3 is 0 Å². The maximum atomic E-state index is 12.2. The van der Waals surface area contributed by atoms with Crippen molar-refractivity contribution in [2.24, 2.45) is 11.8 Å². The number of nitrogens with zero attached hydrogens (tertiary/aromatic N) is 3. The first-order valence-electron chi connectivity index (χ1n) is 8.27. The van der Waals surface area contributed by atoms with Crippen LogP contribution >= 0.6 is 0 Å². The lowest BCUT2D eigenvalue weighted by Gasteiger charge is -2.40. The molecule has 1 fully saturated rings. The molecule has 6 nitrogen and oxygen atoms in total. The van der Waals surface area contributed by atoms with Crippen molar-refractivity contribution in [3.63, 3.8) is 0 Å². The van der Waals surface area contributed by atoms with Gasteiger partial charge in [0, 0.05) is 25.0 Å². The Morgan fingerprint density at radius 2 is 2.18 bits per heavy atom. The van der Waals surface area contributed by atoms with Gasteiger partial charge in [0.1, 0.15) is 0 Å². The number of aromatic nitrogens is 2. The summed E-state index contributed by atoms with van der Waals surface area (Å²) in [6, 6.07) is 0.413. The van der Waals surface area contributed by atoms with Crippen LogP contribution in [0.5, 0.6) is 0 Å². The highest BCUT2D eigenvalue weighted by Crippen LogP contribution is 2.24. The SMILES string of the molecule is CC[C@@H]1CN(C(=O)C(C)C)CC[C@@H]1N[C@@H](C)c1nc(C)no1. The number of rotatable bonds is 5. The van der Waals surface area contributed by atoms with Crippen LogP contribution in [0.1, 0.15) is 58.3 Å². The molecule has 0 saturated carbocycles. The topological polar surface area (TPSA) is 71.3 Å². The van der Waals surface area contributed by atoms with Crippen LogP contribution in [-0.2, 0) is 4.79 Å². The van der Waals surface area contributed by atoms with E-state index < -0.39 is 0 Å². The second-order valence-electron chi connectivity index (χ2n) is 6.57. The molecule has 1 aromatic heterocycles. The summed E-state index contributed by atoms with van der Waals surface area (Å²) < 4.78 is 5.24. The van der Waals surface area contributed by atoms with E-state index in [1.165, 1.54) is 0 Å². The number of hydrogen-bond acceptors (Lipinski definition) is 5. The van der Waals surface area contributed by atoms with Crippen LogP contribution in [-0.4, -0.2) is 40.1 Å². The molecule has 1 amide bonds. The highest BCUT2D eigenvalue weighted by atomic mass is 16.5. The molecule has 1 aromatic rings. The Morgan fingerprint density at radius 1 is 1.45 bits per heavy atom. The fraction of sp³-hybridized carbons (Fsp3) is 0.812. The molecule has 2 heterocycles. The van der Waals surface area contributed by atoms with Gasteiger partial charge in [-0.3, -0.25) is 4.79 Å². The quantitative estimate of drug-likeness (QED) is 0.904. The molecule has 0 aromatic carbocycles. The molecule has 0 bridgehead atoms. The summed E-state index contributed by atoms with van der Waals surface area (Å²) in [7, 11) is 0. The Bertz CT molecular complexity index is 500. The van der Waals surface area contributed by atoms with Crippen LogP contribution in [0.3, 0.4) is 0 Å². The van der Waals surface area contributed by atoms with Crippen molar-refractivity contribution in [2.45, 2.75) is 59.5 Å². The zero-order valence-electron chi connectivity index (χ0n) is 14.3. The molecular formula is C16H28N4O2. The van der Waals surface area contributed by atoms with Crippen molar-refractivity contribution in [3.8, 4) is 0 Å². The average Bonchev–Trinajstić information content (AvgIpc) is 2.93. The lowest BCUT2D eigenvalue weighted by Crippen LogP contribution is -2.52. The van der Waals surface area contributed by atoms with E-state index in [2.05, 4.69) is 22.4 Å². The van der Waals surface area contributed by atoms with Crippen LogP contribution in [0, 0.1) is 18.8 Å². The zero-order chi connectivity index (χ0) is 16.3. The van der Waals surface area contributed by atoms with Gasteiger partial charge in [-0.1, -0.05) is 32.3 Å². The second-order valence-corrected chi connectivity index (χ2v) is 6.57. The van der Waals surface area contributed by atoms with Crippen LogP contribution in [0.25, 0.3) is 0 Å². The number of nitrogens with one attached hydrogen (secondary N) is 1. The third-order valence-corrected chi connectivity index (χ3v) is 4.44. The minimum Gasteiger partial charge on any atom is -0.342 e. The van der Waals surface area contributed by atoms with Gasteiger partial charge in [-0.05, 0) is 26.2 Å². The average molecular weight is 308 g/mol. The molecule has 3 atom stereocenters. The van der Waals surface area contributed by atoms with E-state index in [1.807, 2.05) is 32.6 Å². The highest BCUT2D eigenvalue weighted by Gasteiger charge is 2.32. The minimum absolute atomic E-state index is 0.0348. The van der Waals surface area contributed by atoms with Crippen LogP contribution < -0.4 is 5.32 Å². The predicted octanol–water partition coefficient (Wildman–Crippen LogP) is 2.31. The van der Waals surface area contributed by atoms with Crippen molar-refractivity contribution in [1.29, 1.82) is 0 Å². The number of hydrogen-bond donors (Lipinski definition) is 1. The third-order valence-electron chi connectivity index (χ3n) is 4.44. The Labute approximate surface area is 132 Å². The summed E-state index contributed by atoms with van der Waals surface area (Å²) in [5.74, 6) is 2.09. The molecule has 0 radical (unpaired) electrons. The number of amides is 1. The van der Waals surface area contributed by atoms with Crippen molar-refractivity contribution < 1.29 is 9.32 Å². The van der Waals surface area contributed by atoms with E-state index in [4.69, 9.17) is 4.52 Å². The van der Waals surface area contributed by atoms with Crippen LogP contribution in [0.15, 0.2) is 4.52 Å². The van der Waals surface area contributed by atoms with Gasteiger partial charge in [-0.2, -0.15) is 4.98 Å². The Morgan fingerprint density at radius 3 is 2.73 bits per heavy atom. The normalized spacial score (nSPS) is 23.8. The molecule has 0 spiro atoms. The fourth-order valence-corrected chi connectivity index (χ4v) is 3.11. The second kappa shape index (κ2) is 7.22. The molecule has 1 N–H and O–H groups in total. The maximum Gasteiger partial charge on any atom is 0.243 e. The fourth-order valence-electron chi connectivity index (χ4n) is 3.11. The summed E-state index contributed by atoms with van der Waals surface area (Å²) in [4.78, 5) is 18.5. The summed E-state index contributed by atoms with van der Waals surface area (Å²) in [5.41, 5.74) is 0. The van der Waals surface area contributed by atoms with Crippen LogP contribution in [0.2, 0.25) is 0 Å².